The molecule has 4 rings (SSSR count). The van der Waals surface area contributed by atoms with Crippen LogP contribution < -0.4 is 10.1 Å². The number of rotatable bonds is 4. The highest BCUT2D eigenvalue weighted by Crippen LogP contribution is 2.51. The maximum atomic E-state index is 13.0. The topological polar surface area (TPSA) is 56.1 Å². The van der Waals surface area contributed by atoms with Crippen molar-refractivity contribution in [3.05, 3.63) is 47.5 Å². The summed E-state index contributed by atoms with van der Waals surface area (Å²) in [7, 11) is 1.66. The Labute approximate surface area is 142 Å². The molecule has 0 spiro atoms. The number of imidazole rings is 1. The molecule has 24 heavy (non-hydrogen) atoms. The fourth-order valence-electron chi connectivity index (χ4n) is 3.81. The van der Waals surface area contributed by atoms with Crippen LogP contribution in [-0.4, -0.2) is 28.6 Å². The van der Waals surface area contributed by atoms with Gasteiger partial charge in [-0.05, 0) is 32.3 Å². The van der Waals surface area contributed by atoms with Gasteiger partial charge in [0.05, 0.1) is 18.2 Å². The van der Waals surface area contributed by atoms with Crippen LogP contribution in [0.4, 0.5) is 0 Å². The Bertz CT molecular complexity index is 777. The largest absolute Gasteiger partial charge is 0.496 e. The van der Waals surface area contributed by atoms with Crippen LogP contribution in [0.1, 0.15) is 36.3 Å². The van der Waals surface area contributed by atoms with Crippen LogP contribution in [0.5, 0.6) is 5.75 Å². The zero-order valence-corrected chi connectivity index (χ0v) is 14.2. The molecule has 1 aliphatic heterocycles. The van der Waals surface area contributed by atoms with Crippen molar-refractivity contribution in [2.75, 3.05) is 7.11 Å². The smallest absolute Gasteiger partial charge is 0.231 e. The Morgan fingerprint density at radius 2 is 2.17 bits per heavy atom. The molecule has 1 amide bonds. The molecule has 1 saturated carbocycles. The number of aryl methyl sites for hydroxylation is 2. The lowest BCUT2D eigenvalue weighted by Gasteiger charge is -2.27. The summed E-state index contributed by atoms with van der Waals surface area (Å²) in [6.07, 6.45) is 5.72. The minimum Gasteiger partial charge on any atom is -0.496 e. The fourth-order valence-corrected chi connectivity index (χ4v) is 3.81. The molecule has 0 unspecified atom stereocenters. The van der Waals surface area contributed by atoms with Gasteiger partial charge in [-0.15, -0.1) is 0 Å². The summed E-state index contributed by atoms with van der Waals surface area (Å²) < 4.78 is 7.64. The number of ether oxygens (including phenoxy) is 1. The van der Waals surface area contributed by atoms with Crippen molar-refractivity contribution >= 4 is 5.91 Å². The average Bonchev–Trinajstić information content (AvgIpc) is 3.31. The molecule has 2 heterocycles. The predicted molar refractivity (Wildman–Crippen MR) is 91.1 cm³/mol. The lowest BCUT2D eigenvalue weighted by Crippen LogP contribution is -2.45. The number of carbonyl (C=O) groups is 1. The van der Waals surface area contributed by atoms with Crippen LogP contribution in [0.2, 0.25) is 0 Å². The molecule has 1 fully saturated rings. The SMILES string of the molecule is COc1ccccc1C1(C(=O)N[C@@H]2CCc3nc(C)cn3C2)CC1. The number of carbonyl (C=O) groups excluding carboxylic acids is 1. The van der Waals surface area contributed by atoms with Gasteiger partial charge < -0.3 is 14.6 Å². The summed E-state index contributed by atoms with van der Waals surface area (Å²) >= 11 is 0. The van der Waals surface area contributed by atoms with Gasteiger partial charge in [-0.1, -0.05) is 18.2 Å². The van der Waals surface area contributed by atoms with E-state index in [1.807, 2.05) is 31.2 Å². The van der Waals surface area contributed by atoms with E-state index in [0.717, 1.165) is 55.1 Å². The Hall–Kier alpha value is -2.30. The molecule has 1 aromatic heterocycles. The number of fused-ring (bicyclic) bond motifs is 1. The summed E-state index contributed by atoms with van der Waals surface area (Å²) in [5, 5.41) is 3.28. The molecule has 0 bridgehead atoms. The van der Waals surface area contributed by atoms with Crippen molar-refractivity contribution in [3.63, 3.8) is 0 Å². The number of hydrogen-bond acceptors (Lipinski definition) is 3. The highest BCUT2D eigenvalue weighted by atomic mass is 16.5. The van der Waals surface area contributed by atoms with Gasteiger partial charge in [-0.25, -0.2) is 4.98 Å². The lowest BCUT2D eigenvalue weighted by molar-refractivity contribution is -0.124. The first-order valence-electron chi connectivity index (χ1n) is 8.59. The summed E-state index contributed by atoms with van der Waals surface area (Å²) in [5.74, 6) is 2.07. The first-order valence-corrected chi connectivity index (χ1v) is 8.59. The molecule has 2 aliphatic rings. The highest BCUT2D eigenvalue weighted by molar-refractivity contribution is 5.92. The van der Waals surface area contributed by atoms with Crippen molar-refractivity contribution in [2.24, 2.45) is 0 Å². The second-order valence-corrected chi connectivity index (χ2v) is 6.94. The third-order valence-corrected chi connectivity index (χ3v) is 5.26. The van der Waals surface area contributed by atoms with E-state index in [1.165, 1.54) is 0 Å². The summed E-state index contributed by atoms with van der Waals surface area (Å²) in [6, 6.07) is 8.05. The van der Waals surface area contributed by atoms with Gasteiger partial charge in [-0.2, -0.15) is 0 Å². The maximum Gasteiger partial charge on any atom is 0.231 e. The number of nitrogens with zero attached hydrogens (tertiary/aromatic N) is 2. The lowest BCUT2D eigenvalue weighted by atomic mass is 9.93. The van der Waals surface area contributed by atoms with Crippen LogP contribution in [0, 0.1) is 6.92 Å². The van der Waals surface area contributed by atoms with E-state index in [0.29, 0.717) is 0 Å². The number of methoxy groups -OCH3 is 1. The maximum absolute atomic E-state index is 13.0. The molecular weight excluding hydrogens is 302 g/mol. The van der Waals surface area contributed by atoms with Gasteiger partial charge in [0.25, 0.3) is 0 Å². The molecule has 1 aliphatic carbocycles. The Morgan fingerprint density at radius 1 is 1.38 bits per heavy atom. The van der Waals surface area contributed by atoms with Crippen molar-refractivity contribution in [2.45, 2.75) is 50.6 Å². The average molecular weight is 325 g/mol. The van der Waals surface area contributed by atoms with E-state index < -0.39 is 5.41 Å². The summed E-state index contributed by atoms with van der Waals surface area (Å²) in [5.41, 5.74) is 1.65. The molecule has 0 saturated heterocycles. The molecule has 5 heteroatoms. The second kappa shape index (κ2) is 5.65. The third kappa shape index (κ3) is 2.48. The van der Waals surface area contributed by atoms with E-state index in [2.05, 4.69) is 21.1 Å². The number of nitrogens with one attached hydrogen (secondary N) is 1. The van der Waals surface area contributed by atoms with E-state index in [1.54, 1.807) is 7.11 Å². The molecule has 2 aromatic rings. The Kier molecular flexibility index (Phi) is 3.59. The zero-order valence-electron chi connectivity index (χ0n) is 14.2. The quantitative estimate of drug-likeness (QED) is 0.939. The number of benzene rings is 1. The van der Waals surface area contributed by atoms with Crippen LogP contribution in [0.3, 0.4) is 0 Å². The monoisotopic (exact) mass is 325 g/mol. The van der Waals surface area contributed by atoms with Gasteiger partial charge in [0.15, 0.2) is 0 Å². The number of hydrogen-bond donors (Lipinski definition) is 1. The normalized spacial score (nSPS) is 21.0. The molecule has 0 radical (unpaired) electrons. The Morgan fingerprint density at radius 3 is 2.92 bits per heavy atom. The fraction of sp³-hybridized carbons (Fsp3) is 0.474. The first-order chi connectivity index (χ1) is 11.6. The van der Waals surface area contributed by atoms with Crippen LogP contribution in [-0.2, 0) is 23.2 Å². The highest BCUT2D eigenvalue weighted by Gasteiger charge is 2.53. The van der Waals surface area contributed by atoms with Gasteiger partial charge >= 0.3 is 0 Å². The van der Waals surface area contributed by atoms with Crippen molar-refractivity contribution in [1.29, 1.82) is 0 Å². The molecule has 1 N–H and O–H groups in total. The van der Waals surface area contributed by atoms with E-state index in [4.69, 9.17) is 4.74 Å². The van der Waals surface area contributed by atoms with Crippen LogP contribution in [0.15, 0.2) is 30.5 Å². The molecule has 1 atom stereocenters. The number of para-hydroxylation sites is 1. The van der Waals surface area contributed by atoms with Crippen molar-refractivity contribution < 1.29 is 9.53 Å². The minimum absolute atomic E-state index is 0.136. The van der Waals surface area contributed by atoms with Crippen molar-refractivity contribution in [1.82, 2.24) is 14.9 Å². The van der Waals surface area contributed by atoms with E-state index in [-0.39, 0.29) is 11.9 Å². The van der Waals surface area contributed by atoms with Crippen LogP contribution in [0.25, 0.3) is 0 Å². The second-order valence-electron chi connectivity index (χ2n) is 6.94. The number of aromatic nitrogens is 2. The Balaban J connectivity index is 1.51. The predicted octanol–water partition coefficient (Wildman–Crippen LogP) is 2.36. The molecule has 5 nitrogen and oxygen atoms in total. The summed E-state index contributed by atoms with van der Waals surface area (Å²) in [6.45, 7) is 2.82. The summed E-state index contributed by atoms with van der Waals surface area (Å²) in [4.78, 5) is 17.5. The van der Waals surface area contributed by atoms with Gasteiger partial charge in [0.1, 0.15) is 11.6 Å². The standard InChI is InChI=1S/C19H23N3O2/c1-13-11-22-12-14(7-8-17(22)20-13)21-18(23)19(9-10-19)15-5-3-4-6-16(15)24-2/h3-6,11,14H,7-10,12H2,1-2H3,(H,21,23)/t14-/m1/s1. The van der Waals surface area contributed by atoms with E-state index in [9.17, 15) is 4.79 Å². The molecular formula is C19H23N3O2. The first kappa shape index (κ1) is 15.2. The van der Waals surface area contributed by atoms with Crippen molar-refractivity contribution in [3.8, 4) is 5.75 Å². The molecule has 1 aromatic carbocycles. The number of amides is 1. The van der Waals surface area contributed by atoms with Gasteiger partial charge in [0, 0.05) is 30.8 Å². The molecule has 126 valence electrons. The zero-order chi connectivity index (χ0) is 16.7. The minimum atomic E-state index is -0.405. The van der Waals surface area contributed by atoms with Gasteiger partial charge in [0.2, 0.25) is 5.91 Å². The van der Waals surface area contributed by atoms with Gasteiger partial charge in [-0.3, -0.25) is 4.79 Å². The third-order valence-electron chi connectivity index (χ3n) is 5.26. The van der Waals surface area contributed by atoms with Crippen LogP contribution >= 0.6 is 0 Å². The van der Waals surface area contributed by atoms with E-state index >= 15 is 0 Å².